The van der Waals surface area contributed by atoms with Gasteiger partial charge in [0.15, 0.2) is 6.10 Å². The highest BCUT2D eigenvalue weighted by atomic mass is 16.6. The maximum atomic E-state index is 12.8. The number of rotatable bonds is 52. The quantitative estimate of drug-likeness (QED) is 0.0261. The van der Waals surface area contributed by atoms with E-state index >= 15 is 0 Å². The highest BCUT2D eigenvalue weighted by molar-refractivity contribution is 5.71. The first-order valence-corrected chi connectivity index (χ1v) is 30.1. The Balaban J connectivity index is 4.31. The van der Waals surface area contributed by atoms with Gasteiger partial charge in [-0.1, -0.05) is 249 Å². The zero-order valence-corrected chi connectivity index (χ0v) is 48.4. The van der Waals surface area contributed by atoms with Gasteiger partial charge in [0, 0.05) is 19.3 Å². The maximum Gasteiger partial charge on any atom is 0.306 e. The third-order valence-electron chi connectivity index (χ3n) is 12.0. The van der Waals surface area contributed by atoms with Gasteiger partial charge in [-0.25, -0.2) is 0 Å². The first-order chi connectivity index (χ1) is 37.5. The average Bonchev–Trinajstić information content (AvgIpc) is 3.42. The summed E-state index contributed by atoms with van der Waals surface area (Å²) < 4.78 is 16.7. The molecule has 6 heteroatoms. The molecule has 1 unspecified atom stereocenters. The lowest BCUT2D eigenvalue weighted by molar-refractivity contribution is -0.167. The Labute approximate surface area is 466 Å². The average molecular weight is 1050 g/mol. The molecular formula is C70H108O6. The van der Waals surface area contributed by atoms with Crippen molar-refractivity contribution in [3.8, 4) is 0 Å². The van der Waals surface area contributed by atoms with E-state index in [4.69, 9.17) is 14.2 Å². The van der Waals surface area contributed by atoms with Gasteiger partial charge in [-0.3, -0.25) is 14.4 Å². The van der Waals surface area contributed by atoms with Gasteiger partial charge in [0.2, 0.25) is 0 Å². The van der Waals surface area contributed by atoms with Crippen molar-refractivity contribution in [2.24, 2.45) is 0 Å². The van der Waals surface area contributed by atoms with E-state index in [0.717, 1.165) is 154 Å². The fraction of sp³-hybridized carbons (Fsp3) is 0.557. The molecule has 0 aromatic rings. The maximum absolute atomic E-state index is 12.8. The summed E-state index contributed by atoms with van der Waals surface area (Å²) in [4.78, 5) is 38.0. The van der Waals surface area contributed by atoms with E-state index in [0.29, 0.717) is 25.7 Å². The van der Waals surface area contributed by atoms with E-state index in [-0.39, 0.29) is 31.1 Å². The van der Waals surface area contributed by atoms with Gasteiger partial charge in [0.25, 0.3) is 0 Å². The Morgan fingerprint density at radius 2 is 0.513 bits per heavy atom. The molecule has 0 aliphatic carbocycles. The molecule has 6 nitrogen and oxygen atoms in total. The fourth-order valence-corrected chi connectivity index (χ4v) is 7.52. The molecule has 0 aliphatic rings. The van der Waals surface area contributed by atoms with Crippen LogP contribution in [-0.4, -0.2) is 37.2 Å². The molecule has 0 heterocycles. The molecule has 0 aliphatic heterocycles. The summed E-state index contributed by atoms with van der Waals surface area (Å²) in [5.41, 5.74) is 0. The molecule has 0 aromatic carbocycles. The third kappa shape index (κ3) is 59.6. The van der Waals surface area contributed by atoms with E-state index in [2.05, 4.69) is 191 Å². The largest absolute Gasteiger partial charge is 0.462 e. The minimum absolute atomic E-state index is 0.106. The molecule has 0 saturated carbocycles. The van der Waals surface area contributed by atoms with E-state index in [1.807, 2.05) is 0 Å². The van der Waals surface area contributed by atoms with Crippen LogP contribution in [0.25, 0.3) is 0 Å². The summed E-state index contributed by atoms with van der Waals surface area (Å²) >= 11 is 0. The molecule has 0 amide bonds. The summed E-state index contributed by atoms with van der Waals surface area (Å²) in [6, 6.07) is 0. The van der Waals surface area contributed by atoms with Crippen molar-refractivity contribution < 1.29 is 28.6 Å². The number of unbranched alkanes of at least 4 members (excludes halogenated alkanes) is 13. The summed E-state index contributed by atoms with van der Waals surface area (Å²) in [6.45, 7) is 6.28. The van der Waals surface area contributed by atoms with Gasteiger partial charge >= 0.3 is 17.9 Å². The van der Waals surface area contributed by atoms with Crippen molar-refractivity contribution in [1.82, 2.24) is 0 Å². The van der Waals surface area contributed by atoms with Gasteiger partial charge in [-0.15, -0.1) is 0 Å². The van der Waals surface area contributed by atoms with Crippen molar-refractivity contribution in [2.45, 2.75) is 239 Å². The normalized spacial score (nSPS) is 13.4. The SMILES string of the molecule is CC/C=C\C/C=C\C/C=C\C/C=C\C/C=C\C/C=C\C/C=C\C/C=C\CCCCC(=O)OCC(COC(=O)CCCCCCCC)OC(=O)CCCCCCCC/C=C\C/C=C\C/C=C\C/C=C\C/C=C\C/C=C\CC. The van der Waals surface area contributed by atoms with Crippen LogP contribution in [0.3, 0.4) is 0 Å². The third-order valence-corrected chi connectivity index (χ3v) is 12.0. The van der Waals surface area contributed by atoms with Gasteiger partial charge in [0.05, 0.1) is 0 Å². The van der Waals surface area contributed by atoms with Crippen molar-refractivity contribution in [1.29, 1.82) is 0 Å². The Morgan fingerprint density at radius 1 is 0.276 bits per heavy atom. The highest BCUT2D eigenvalue weighted by Crippen LogP contribution is 2.13. The highest BCUT2D eigenvalue weighted by Gasteiger charge is 2.19. The number of hydrogen-bond acceptors (Lipinski definition) is 6. The van der Waals surface area contributed by atoms with Gasteiger partial charge in [0.1, 0.15) is 13.2 Å². The zero-order valence-electron chi connectivity index (χ0n) is 48.4. The molecule has 76 heavy (non-hydrogen) atoms. The fourth-order valence-electron chi connectivity index (χ4n) is 7.52. The molecule has 0 spiro atoms. The van der Waals surface area contributed by atoms with Gasteiger partial charge in [-0.2, -0.15) is 0 Å². The van der Waals surface area contributed by atoms with E-state index in [9.17, 15) is 14.4 Å². The molecule has 0 aromatic heterocycles. The van der Waals surface area contributed by atoms with E-state index in [1.165, 1.54) is 32.1 Å². The van der Waals surface area contributed by atoms with Gasteiger partial charge in [-0.05, 0) is 135 Å². The van der Waals surface area contributed by atoms with E-state index < -0.39 is 6.10 Å². The van der Waals surface area contributed by atoms with Crippen LogP contribution in [0.5, 0.6) is 0 Å². The molecule has 0 saturated heterocycles. The van der Waals surface area contributed by atoms with Crippen LogP contribution < -0.4 is 0 Å². The number of carbonyl (C=O) groups is 3. The lowest BCUT2D eigenvalue weighted by Gasteiger charge is -2.18. The number of carbonyl (C=O) groups excluding carboxylic acids is 3. The summed E-state index contributed by atoms with van der Waals surface area (Å²) in [7, 11) is 0. The van der Waals surface area contributed by atoms with Crippen LogP contribution in [0.15, 0.2) is 170 Å². The minimum Gasteiger partial charge on any atom is -0.462 e. The first-order valence-electron chi connectivity index (χ1n) is 30.1. The predicted molar refractivity (Wildman–Crippen MR) is 329 cm³/mol. The lowest BCUT2D eigenvalue weighted by Crippen LogP contribution is -2.30. The zero-order chi connectivity index (χ0) is 55.0. The molecule has 0 bridgehead atoms. The Bertz CT molecular complexity index is 1770. The Kier molecular flexibility index (Phi) is 58.0. The van der Waals surface area contributed by atoms with Crippen molar-refractivity contribution >= 4 is 17.9 Å². The second-order valence-electron chi connectivity index (χ2n) is 19.1. The molecule has 0 fully saturated rings. The van der Waals surface area contributed by atoms with Crippen LogP contribution in [0, 0.1) is 0 Å². The van der Waals surface area contributed by atoms with Crippen molar-refractivity contribution in [2.75, 3.05) is 13.2 Å². The van der Waals surface area contributed by atoms with Crippen molar-refractivity contribution in [3.63, 3.8) is 0 Å². The summed E-state index contributed by atoms with van der Waals surface area (Å²) in [5.74, 6) is -0.986. The second kappa shape index (κ2) is 62.3. The van der Waals surface area contributed by atoms with Gasteiger partial charge < -0.3 is 14.2 Å². The van der Waals surface area contributed by atoms with Crippen LogP contribution in [0.2, 0.25) is 0 Å². The molecule has 0 rings (SSSR count). The van der Waals surface area contributed by atoms with Crippen LogP contribution in [0.1, 0.15) is 233 Å². The lowest BCUT2D eigenvalue weighted by atomic mass is 10.1. The molecule has 424 valence electrons. The predicted octanol–water partition coefficient (Wildman–Crippen LogP) is 20.7. The Hall–Kier alpha value is -5.23. The summed E-state index contributed by atoms with van der Waals surface area (Å²) in [6.07, 6.45) is 92.4. The second-order valence-corrected chi connectivity index (χ2v) is 19.1. The minimum atomic E-state index is -0.811. The first kappa shape index (κ1) is 70.8. The summed E-state index contributed by atoms with van der Waals surface area (Å²) in [5, 5.41) is 0. The number of hydrogen-bond donors (Lipinski definition) is 0. The number of esters is 3. The number of allylic oxidation sites excluding steroid dienone is 28. The molecular weight excluding hydrogens is 937 g/mol. The van der Waals surface area contributed by atoms with Crippen LogP contribution >= 0.6 is 0 Å². The molecule has 1 atom stereocenters. The molecule has 0 N–H and O–H groups in total. The standard InChI is InChI=1S/C70H108O6/c1-4-7-10-13-16-18-20-22-24-26-28-30-32-34-35-37-38-40-42-44-46-48-50-52-54-57-60-63-69(72)75-66-67(65-74-68(71)62-59-56-15-12-9-6-3)76-70(73)64-61-58-55-53-51-49-47-45-43-41-39-36-33-31-29-27-25-23-21-19-17-14-11-8-5-2/h7-8,10-11,16-19,22-25,28-31,34-36,38-40,43-46,50,52,67H,4-6,9,12-15,20-21,26-27,32-33,37,41-42,47-49,51,53-66H2,1-3H3/b10-7-,11-8-,18-16-,19-17-,24-22-,25-23-,30-28-,31-29-,35-34-,39-36-,40-38-,45-43-,46-44-,52-50-. The number of ether oxygens (including phenoxy) is 3. The Morgan fingerprint density at radius 3 is 0.829 bits per heavy atom. The topological polar surface area (TPSA) is 78.9 Å². The van der Waals surface area contributed by atoms with E-state index in [1.54, 1.807) is 0 Å². The smallest absolute Gasteiger partial charge is 0.306 e. The van der Waals surface area contributed by atoms with Crippen LogP contribution in [-0.2, 0) is 28.6 Å². The van der Waals surface area contributed by atoms with Crippen LogP contribution in [0.4, 0.5) is 0 Å². The molecule has 0 radical (unpaired) electrons. The van der Waals surface area contributed by atoms with Crippen molar-refractivity contribution in [3.05, 3.63) is 170 Å². The monoisotopic (exact) mass is 1040 g/mol.